The molecule has 3 unspecified atom stereocenters. The standard InChI is InChI=1S/C16H26N2O3/c1-3-12-14(19)17-9-5-4-7-13(17)15(20)18(12)11-16(2)8-6-10-21-16/h12-13H,3-11H2,1-2H3. The van der Waals surface area contributed by atoms with Gasteiger partial charge < -0.3 is 14.5 Å². The van der Waals surface area contributed by atoms with Crippen LogP contribution in [-0.2, 0) is 14.3 Å². The van der Waals surface area contributed by atoms with E-state index in [2.05, 4.69) is 6.92 Å². The van der Waals surface area contributed by atoms with E-state index in [0.717, 1.165) is 45.3 Å². The Morgan fingerprint density at radius 1 is 1.24 bits per heavy atom. The summed E-state index contributed by atoms with van der Waals surface area (Å²) in [6.45, 7) is 6.12. The lowest BCUT2D eigenvalue weighted by Crippen LogP contribution is -2.67. The molecule has 5 heteroatoms. The van der Waals surface area contributed by atoms with E-state index in [9.17, 15) is 9.59 Å². The van der Waals surface area contributed by atoms with Crippen molar-refractivity contribution in [3.05, 3.63) is 0 Å². The summed E-state index contributed by atoms with van der Waals surface area (Å²) in [5.41, 5.74) is -0.278. The van der Waals surface area contributed by atoms with E-state index in [1.165, 1.54) is 0 Å². The summed E-state index contributed by atoms with van der Waals surface area (Å²) in [5.74, 6) is 0.279. The highest BCUT2D eigenvalue weighted by atomic mass is 16.5. The fourth-order valence-electron chi connectivity index (χ4n) is 4.03. The van der Waals surface area contributed by atoms with E-state index in [4.69, 9.17) is 4.74 Å². The summed E-state index contributed by atoms with van der Waals surface area (Å²) in [7, 11) is 0. The van der Waals surface area contributed by atoms with Crippen molar-refractivity contribution in [2.45, 2.75) is 70.1 Å². The van der Waals surface area contributed by atoms with Gasteiger partial charge in [0.15, 0.2) is 0 Å². The number of hydrogen-bond donors (Lipinski definition) is 0. The lowest BCUT2D eigenvalue weighted by atomic mass is 9.92. The Bertz CT molecular complexity index is 431. The van der Waals surface area contributed by atoms with Crippen LogP contribution in [0.2, 0.25) is 0 Å². The molecule has 0 saturated carbocycles. The van der Waals surface area contributed by atoms with Crippen molar-refractivity contribution in [2.75, 3.05) is 19.7 Å². The lowest BCUT2D eigenvalue weighted by molar-refractivity contribution is -0.167. The average Bonchev–Trinajstić information content (AvgIpc) is 2.92. The van der Waals surface area contributed by atoms with Gasteiger partial charge in [-0.2, -0.15) is 0 Å². The molecule has 3 saturated heterocycles. The van der Waals surface area contributed by atoms with E-state index in [1.807, 2.05) is 16.7 Å². The van der Waals surface area contributed by atoms with Crippen LogP contribution in [-0.4, -0.2) is 59.0 Å². The molecule has 2 amide bonds. The molecule has 0 aromatic heterocycles. The van der Waals surface area contributed by atoms with Crippen LogP contribution in [0.5, 0.6) is 0 Å². The van der Waals surface area contributed by atoms with Crippen LogP contribution in [0.15, 0.2) is 0 Å². The van der Waals surface area contributed by atoms with Gasteiger partial charge in [0.25, 0.3) is 0 Å². The van der Waals surface area contributed by atoms with E-state index in [0.29, 0.717) is 13.0 Å². The predicted molar refractivity (Wildman–Crippen MR) is 78.7 cm³/mol. The van der Waals surface area contributed by atoms with Crippen LogP contribution < -0.4 is 0 Å². The monoisotopic (exact) mass is 294 g/mol. The van der Waals surface area contributed by atoms with Crippen molar-refractivity contribution in [1.82, 2.24) is 9.80 Å². The molecule has 3 aliphatic heterocycles. The summed E-state index contributed by atoms with van der Waals surface area (Å²) in [4.78, 5) is 29.2. The second-order valence-corrected chi connectivity index (χ2v) is 6.84. The molecule has 3 fully saturated rings. The maximum Gasteiger partial charge on any atom is 0.246 e. The second kappa shape index (κ2) is 5.59. The van der Waals surface area contributed by atoms with Crippen LogP contribution >= 0.6 is 0 Å². The zero-order valence-electron chi connectivity index (χ0n) is 13.1. The summed E-state index contributed by atoms with van der Waals surface area (Å²) in [5, 5.41) is 0. The third-order valence-electron chi connectivity index (χ3n) is 5.21. The molecule has 0 bridgehead atoms. The summed E-state index contributed by atoms with van der Waals surface area (Å²) in [6.07, 6.45) is 5.57. The van der Waals surface area contributed by atoms with Gasteiger partial charge in [-0.05, 0) is 45.4 Å². The SMILES string of the molecule is CCC1C(=O)N2CCCCC2C(=O)N1CC1(C)CCCO1. The summed E-state index contributed by atoms with van der Waals surface area (Å²) in [6, 6.07) is -0.521. The van der Waals surface area contributed by atoms with Gasteiger partial charge in [0.2, 0.25) is 11.8 Å². The van der Waals surface area contributed by atoms with Crippen LogP contribution in [0.3, 0.4) is 0 Å². The lowest BCUT2D eigenvalue weighted by Gasteiger charge is -2.48. The Morgan fingerprint density at radius 3 is 2.71 bits per heavy atom. The van der Waals surface area contributed by atoms with Gasteiger partial charge in [0.1, 0.15) is 12.1 Å². The van der Waals surface area contributed by atoms with Crippen LogP contribution in [0.1, 0.15) is 52.4 Å². The van der Waals surface area contributed by atoms with Crippen molar-refractivity contribution in [1.29, 1.82) is 0 Å². The Hall–Kier alpha value is -1.10. The predicted octanol–water partition coefficient (Wildman–Crippen LogP) is 1.56. The van der Waals surface area contributed by atoms with Crippen LogP contribution in [0, 0.1) is 0 Å². The number of rotatable bonds is 3. The smallest absolute Gasteiger partial charge is 0.246 e. The molecule has 0 radical (unpaired) electrons. The first-order chi connectivity index (χ1) is 10.1. The zero-order valence-corrected chi connectivity index (χ0v) is 13.1. The van der Waals surface area contributed by atoms with E-state index >= 15 is 0 Å². The number of piperidine rings is 1. The Morgan fingerprint density at radius 2 is 2.05 bits per heavy atom. The molecule has 5 nitrogen and oxygen atoms in total. The quantitative estimate of drug-likeness (QED) is 0.793. The fraction of sp³-hybridized carbons (Fsp3) is 0.875. The van der Waals surface area contributed by atoms with Gasteiger partial charge >= 0.3 is 0 Å². The van der Waals surface area contributed by atoms with E-state index < -0.39 is 0 Å². The van der Waals surface area contributed by atoms with Gasteiger partial charge in [0, 0.05) is 13.2 Å². The van der Waals surface area contributed by atoms with E-state index in [1.54, 1.807) is 0 Å². The first-order valence-corrected chi connectivity index (χ1v) is 8.31. The molecule has 3 atom stereocenters. The van der Waals surface area contributed by atoms with Crippen LogP contribution in [0.25, 0.3) is 0 Å². The van der Waals surface area contributed by atoms with Crippen molar-refractivity contribution in [3.8, 4) is 0 Å². The first kappa shape index (κ1) is 14.8. The molecule has 21 heavy (non-hydrogen) atoms. The highest BCUT2D eigenvalue weighted by Crippen LogP contribution is 2.32. The first-order valence-electron chi connectivity index (χ1n) is 8.31. The largest absolute Gasteiger partial charge is 0.373 e. The van der Waals surface area contributed by atoms with Gasteiger partial charge in [-0.1, -0.05) is 6.92 Å². The van der Waals surface area contributed by atoms with Gasteiger partial charge in [-0.25, -0.2) is 0 Å². The average molecular weight is 294 g/mol. The highest BCUT2D eigenvalue weighted by molar-refractivity contribution is 5.97. The maximum atomic E-state index is 12.9. The maximum absolute atomic E-state index is 12.9. The number of nitrogens with zero attached hydrogens (tertiary/aromatic N) is 2. The minimum Gasteiger partial charge on any atom is -0.373 e. The molecule has 118 valence electrons. The molecule has 3 rings (SSSR count). The van der Waals surface area contributed by atoms with Crippen molar-refractivity contribution in [2.24, 2.45) is 0 Å². The normalized spacial score (nSPS) is 37.0. The molecule has 0 aliphatic carbocycles. The third kappa shape index (κ3) is 2.56. The topological polar surface area (TPSA) is 49.9 Å². The zero-order chi connectivity index (χ0) is 15.0. The molecule has 0 N–H and O–H groups in total. The molecule has 0 spiro atoms. The number of piperazine rings is 1. The number of carbonyl (C=O) groups is 2. The third-order valence-corrected chi connectivity index (χ3v) is 5.21. The van der Waals surface area contributed by atoms with Crippen molar-refractivity contribution >= 4 is 11.8 Å². The molecule has 3 heterocycles. The van der Waals surface area contributed by atoms with E-state index in [-0.39, 0.29) is 29.5 Å². The number of carbonyl (C=O) groups excluding carboxylic acids is 2. The van der Waals surface area contributed by atoms with Crippen molar-refractivity contribution in [3.63, 3.8) is 0 Å². The van der Waals surface area contributed by atoms with Gasteiger partial charge in [0.05, 0.1) is 12.1 Å². The molecule has 0 aromatic rings. The molecule has 0 aromatic carbocycles. The molecular formula is C16H26N2O3. The number of fused-ring (bicyclic) bond motifs is 1. The number of hydrogen-bond acceptors (Lipinski definition) is 3. The molecular weight excluding hydrogens is 268 g/mol. The number of amides is 2. The minimum absolute atomic E-state index is 0.137. The Kier molecular flexibility index (Phi) is 3.95. The van der Waals surface area contributed by atoms with Crippen LogP contribution in [0.4, 0.5) is 0 Å². The van der Waals surface area contributed by atoms with Crippen molar-refractivity contribution < 1.29 is 14.3 Å². The fourth-order valence-corrected chi connectivity index (χ4v) is 4.03. The second-order valence-electron chi connectivity index (χ2n) is 6.84. The Balaban J connectivity index is 1.83. The van der Waals surface area contributed by atoms with Gasteiger partial charge in [-0.3, -0.25) is 9.59 Å². The summed E-state index contributed by atoms with van der Waals surface area (Å²) >= 11 is 0. The minimum atomic E-state index is -0.298. The van der Waals surface area contributed by atoms with Gasteiger partial charge in [-0.15, -0.1) is 0 Å². The number of ether oxygens (including phenoxy) is 1. The Labute approximate surface area is 126 Å². The summed E-state index contributed by atoms with van der Waals surface area (Å²) < 4.78 is 5.84. The highest BCUT2D eigenvalue weighted by Gasteiger charge is 2.48. The molecule has 3 aliphatic rings.